The Labute approximate surface area is 222 Å². The van der Waals surface area contributed by atoms with Crippen LogP contribution in [0.4, 0.5) is 5.69 Å². The highest BCUT2D eigenvalue weighted by Gasteiger charge is 2.35. The third-order valence-corrected chi connectivity index (χ3v) is 8.67. The van der Waals surface area contributed by atoms with E-state index in [0.29, 0.717) is 31.2 Å². The van der Waals surface area contributed by atoms with Crippen LogP contribution in [0, 0.1) is 17.8 Å². The van der Waals surface area contributed by atoms with Crippen LogP contribution in [0.25, 0.3) is 0 Å². The van der Waals surface area contributed by atoms with E-state index in [4.69, 9.17) is 15.2 Å². The molecule has 0 spiro atoms. The van der Waals surface area contributed by atoms with Crippen LogP contribution in [0.15, 0.2) is 39.9 Å². The summed E-state index contributed by atoms with van der Waals surface area (Å²) in [6.45, 7) is 4.90. The molecule has 0 amide bonds. The topological polar surface area (TPSA) is 81.9 Å². The number of benzene rings is 1. The summed E-state index contributed by atoms with van der Waals surface area (Å²) in [4.78, 5) is 27.9. The maximum absolute atomic E-state index is 12.9. The van der Waals surface area contributed by atoms with Crippen LogP contribution in [0.2, 0.25) is 0 Å². The molecule has 6 heteroatoms. The minimum atomic E-state index is -0.311. The van der Waals surface area contributed by atoms with Crippen molar-refractivity contribution >= 4 is 5.69 Å². The molecule has 0 bridgehead atoms. The first kappa shape index (κ1) is 28.0. The summed E-state index contributed by atoms with van der Waals surface area (Å²) in [6, 6.07) is 10.4. The largest absolute Gasteiger partial charge is 0.385 e. The minimum Gasteiger partial charge on any atom is -0.385 e. The highest BCUT2D eigenvalue weighted by Crippen LogP contribution is 2.36. The molecule has 2 fully saturated rings. The van der Waals surface area contributed by atoms with Gasteiger partial charge in [0.2, 0.25) is 10.9 Å². The number of anilines is 1. The zero-order valence-corrected chi connectivity index (χ0v) is 22.8. The maximum Gasteiger partial charge on any atom is 0.249 e. The fourth-order valence-corrected chi connectivity index (χ4v) is 6.57. The number of hydrogen-bond acceptors (Lipinski definition) is 6. The smallest absolute Gasteiger partial charge is 0.249 e. The van der Waals surface area contributed by atoms with Crippen molar-refractivity contribution < 1.29 is 9.47 Å². The molecule has 2 aromatic rings. The predicted octanol–water partition coefficient (Wildman–Crippen LogP) is 4.77. The number of nitrogens with two attached hydrogens (primary N) is 1. The van der Waals surface area contributed by atoms with E-state index >= 15 is 0 Å². The van der Waals surface area contributed by atoms with Crippen LogP contribution in [0.1, 0.15) is 81.9 Å². The first-order valence-corrected chi connectivity index (χ1v) is 14.5. The van der Waals surface area contributed by atoms with Gasteiger partial charge in [-0.1, -0.05) is 62.4 Å². The number of methoxy groups -OCH3 is 1. The Morgan fingerprint density at radius 2 is 1.76 bits per heavy atom. The van der Waals surface area contributed by atoms with Crippen molar-refractivity contribution in [3.05, 3.63) is 61.9 Å². The standard InChI is InChI=1S/C31H46N2O4/c1-22(32)26(19-23-11-5-3-6-12-23)20-27-28(30(35)29(27)34)33-16-9-15-25(21-33)31(37-18-10-17-36-2)24-13-7-4-8-14-24/h4,7-8,13-14,22-23,25-26,31H,3,5-6,9-12,15-21,32H2,1-2H3/t22-,25-,26-,31+/m1/s1. The van der Waals surface area contributed by atoms with Crippen molar-refractivity contribution in [2.45, 2.75) is 83.3 Å². The highest BCUT2D eigenvalue weighted by molar-refractivity contribution is 5.59. The first-order valence-electron chi connectivity index (χ1n) is 14.5. The number of rotatable bonds is 13. The van der Waals surface area contributed by atoms with Crippen LogP contribution in [-0.2, 0) is 15.9 Å². The SMILES string of the molecule is COCCCO[C@@H](c1ccccc1)[C@@H]1CCCN(c2c(C[C@@H](CC3CCCCC3)[C@@H](C)N)c(=O)c2=O)C1. The third-order valence-electron chi connectivity index (χ3n) is 8.67. The Hall–Kier alpha value is -2.02. The van der Waals surface area contributed by atoms with Crippen molar-refractivity contribution in [2.24, 2.45) is 23.5 Å². The third kappa shape index (κ3) is 7.10. The Balaban J connectivity index is 1.48. The first-order chi connectivity index (χ1) is 18.0. The lowest BCUT2D eigenvalue weighted by molar-refractivity contribution is -0.00238. The van der Waals surface area contributed by atoms with E-state index in [-0.39, 0.29) is 34.8 Å². The number of hydrogen-bond donors (Lipinski definition) is 1. The van der Waals surface area contributed by atoms with E-state index in [9.17, 15) is 9.59 Å². The molecule has 1 aliphatic heterocycles. The lowest BCUT2D eigenvalue weighted by atomic mass is 9.78. The highest BCUT2D eigenvalue weighted by atomic mass is 16.5. The van der Waals surface area contributed by atoms with Gasteiger partial charge in [-0.15, -0.1) is 0 Å². The van der Waals surface area contributed by atoms with Crippen LogP contribution in [0.3, 0.4) is 0 Å². The average Bonchev–Trinajstić information content (AvgIpc) is 2.93. The van der Waals surface area contributed by atoms with Crippen molar-refractivity contribution in [3.63, 3.8) is 0 Å². The zero-order chi connectivity index (χ0) is 26.2. The Bertz CT molecular complexity index is 1020. The molecule has 2 N–H and O–H groups in total. The fourth-order valence-electron chi connectivity index (χ4n) is 6.57. The molecule has 2 aliphatic rings. The average molecular weight is 511 g/mol. The number of ether oxygens (including phenoxy) is 2. The number of nitrogens with zero attached hydrogens (tertiary/aromatic N) is 1. The molecule has 6 nitrogen and oxygen atoms in total. The number of piperidine rings is 1. The lowest BCUT2D eigenvalue weighted by Crippen LogP contribution is -2.49. The van der Waals surface area contributed by atoms with Crippen LogP contribution in [0.5, 0.6) is 0 Å². The lowest BCUT2D eigenvalue weighted by Gasteiger charge is -2.39. The van der Waals surface area contributed by atoms with E-state index in [0.717, 1.165) is 44.3 Å². The quantitative estimate of drug-likeness (QED) is 0.309. The van der Waals surface area contributed by atoms with Gasteiger partial charge in [0.1, 0.15) is 0 Å². The van der Waals surface area contributed by atoms with Crippen LogP contribution in [-0.4, -0.2) is 39.5 Å². The molecule has 1 aliphatic carbocycles. The van der Waals surface area contributed by atoms with Crippen molar-refractivity contribution in [1.82, 2.24) is 0 Å². The summed E-state index contributed by atoms with van der Waals surface area (Å²) in [5, 5.41) is 0. The summed E-state index contributed by atoms with van der Waals surface area (Å²) in [5.41, 5.74) is 8.37. The van der Waals surface area contributed by atoms with Crippen LogP contribution >= 0.6 is 0 Å². The molecular weight excluding hydrogens is 464 g/mol. The van der Waals surface area contributed by atoms with Gasteiger partial charge in [-0.3, -0.25) is 9.59 Å². The predicted molar refractivity (Wildman–Crippen MR) is 150 cm³/mol. The molecule has 1 heterocycles. The minimum absolute atomic E-state index is 0.0104. The molecule has 37 heavy (non-hydrogen) atoms. The Kier molecular flexibility index (Phi) is 10.4. The Morgan fingerprint density at radius 1 is 1.00 bits per heavy atom. The monoisotopic (exact) mass is 510 g/mol. The molecule has 0 aromatic heterocycles. The van der Waals surface area contributed by atoms with Gasteiger partial charge in [-0.25, -0.2) is 0 Å². The van der Waals surface area contributed by atoms with E-state index in [1.165, 1.54) is 37.7 Å². The van der Waals surface area contributed by atoms with E-state index < -0.39 is 0 Å². The summed E-state index contributed by atoms with van der Waals surface area (Å²) >= 11 is 0. The van der Waals surface area contributed by atoms with Gasteiger partial charge < -0.3 is 20.1 Å². The zero-order valence-electron chi connectivity index (χ0n) is 22.8. The van der Waals surface area contributed by atoms with Crippen molar-refractivity contribution in [3.8, 4) is 0 Å². The van der Waals surface area contributed by atoms with Gasteiger partial charge in [0.05, 0.1) is 11.8 Å². The molecule has 4 rings (SSSR count). The second-order valence-corrected chi connectivity index (χ2v) is 11.4. The molecular formula is C31H46N2O4. The van der Waals surface area contributed by atoms with E-state index in [1.54, 1.807) is 7.11 Å². The van der Waals surface area contributed by atoms with E-state index in [2.05, 4.69) is 36.1 Å². The van der Waals surface area contributed by atoms with Gasteiger partial charge in [0.25, 0.3) is 0 Å². The van der Waals surface area contributed by atoms with E-state index in [1.807, 2.05) is 6.07 Å². The summed E-state index contributed by atoms with van der Waals surface area (Å²) in [7, 11) is 1.71. The van der Waals surface area contributed by atoms with Gasteiger partial charge in [0.15, 0.2) is 0 Å². The molecule has 1 saturated carbocycles. The van der Waals surface area contributed by atoms with Gasteiger partial charge in [-0.05, 0) is 56.4 Å². The Morgan fingerprint density at radius 3 is 2.46 bits per heavy atom. The van der Waals surface area contributed by atoms with Gasteiger partial charge >= 0.3 is 0 Å². The van der Waals surface area contributed by atoms with Crippen LogP contribution < -0.4 is 21.5 Å². The molecule has 0 unspecified atom stereocenters. The second kappa shape index (κ2) is 13.7. The molecule has 0 radical (unpaired) electrons. The van der Waals surface area contributed by atoms with Crippen molar-refractivity contribution in [1.29, 1.82) is 0 Å². The summed E-state index contributed by atoms with van der Waals surface area (Å²) < 4.78 is 11.6. The van der Waals surface area contributed by atoms with Gasteiger partial charge in [0, 0.05) is 50.9 Å². The molecule has 204 valence electrons. The van der Waals surface area contributed by atoms with Gasteiger partial charge in [-0.2, -0.15) is 0 Å². The van der Waals surface area contributed by atoms with Crippen molar-refractivity contribution in [2.75, 3.05) is 38.3 Å². The fraction of sp³-hybridized carbons (Fsp3) is 0.677. The molecule has 4 atom stereocenters. The molecule has 2 aromatic carbocycles. The maximum atomic E-state index is 12.9. The molecule has 1 saturated heterocycles. The normalized spacial score (nSPS) is 21.7. The summed E-state index contributed by atoms with van der Waals surface area (Å²) in [5.74, 6) is 1.19. The summed E-state index contributed by atoms with van der Waals surface area (Å²) in [6.07, 6.45) is 11.0. The second-order valence-electron chi connectivity index (χ2n) is 11.4.